The van der Waals surface area contributed by atoms with Gasteiger partial charge >= 0.3 is 0 Å². The highest BCUT2D eigenvalue weighted by atomic mass is 16.5. The highest BCUT2D eigenvalue weighted by Crippen LogP contribution is 1.98. The summed E-state index contributed by atoms with van der Waals surface area (Å²) in [6.45, 7) is 7.86. The van der Waals surface area contributed by atoms with Gasteiger partial charge in [-0.05, 0) is 13.8 Å². The van der Waals surface area contributed by atoms with Crippen LogP contribution in [0.3, 0.4) is 0 Å². The molecule has 0 fully saturated rings. The summed E-state index contributed by atoms with van der Waals surface area (Å²) in [6.07, 6.45) is 0.275. The van der Waals surface area contributed by atoms with Gasteiger partial charge in [0.25, 0.3) is 0 Å². The van der Waals surface area contributed by atoms with Crippen molar-refractivity contribution >= 4 is 5.78 Å². The molecule has 0 aliphatic heterocycles. The van der Waals surface area contributed by atoms with E-state index in [1.54, 1.807) is 6.92 Å². The van der Waals surface area contributed by atoms with E-state index in [9.17, 15) is 4.79 Å². The maximum absolute atomic E-state index is 10.9. The average Bonchev–Trinajstić information content (AvgIpc) is 1.81. The van der Waals surface area contributed by atoms with Crippen LogP contribution in [0.4, 0.5) is 0 Å². The van der Waals surface area contributed by atoms with Gasteiger partial charge in [0.1, 0.15) is 13.1 Å². The zero-order chi connectivity index (χ0) is 10.5. The monoisotopic (exact) mass is 188 g/mol. The van der Waals surface area contributed by atoms with Crippen LogP contribution in [0.2, 0.25) is 0 Å². The second kappa shape index (κ2) is 5.35. The lowest BCUT2D eigenvalue weighted by Gasteiger charge is -2.28. The predicted molar refractivity (Wildman–Crippen MR) is 53.6 cm³/mol. The molecule has 0 amide bonds. The van der Waals surface area contributed by atoms with Crippen molar-refractivity contribution in [1.82, 2.24) is 0 Å². The third-order valence-corrected chi connectivity index (χ3v) is 1.80. The molecule has 0 bridgehead atoms. The van der Waals surface area contributed by atoms with Gasteiger partial charge in [0.05, 0.1) is 26.8 Å². The maximum atomic E-state index is 10.9. The molecule has 78 valence electrons. The van der Waals surface area contributed by atoms with Crippen LogP contribution in [0, 0.1) is 0 Å². The smallest absolute Gasteiger partial charge is 0.183 e. The van der Waals surface area contributed by atoms with Crippen molar-refractivity contribution in [3.63, 3.8) is 0 Å². The third-order valence-electron chi connectivity index (χ3n) is 1.80. The number of carbonyl (C=O) groups excluding carboxylic acids is 1. The lowest BCUT2D eigenvalue weighted by atomic mass is 10.3. The Kier molecular flexibility index (Phi) is 5.18. The Morgan fingerprint density at radius 3 is 2.31 bits per heavy atom. The number of ketones is 1. The van der Waals surface area contributed by atoms with E-state index in [1.165, 1.54) is 0 Å². The quantitative estimate of drug-likeness (QED) is 0.583. The van der Waals surface area contributed by atoms with Gasteiger partial charge in [-0.25, -0.2) is 0 Å². The number of nitrogens with zero attached hydrogens (tertiary/aromatic N) is 1. The molecule has 0 unspecified atom stereocenters. The number of likely N-dealkylation sites (N-methyl/N-ethyl adjacent to an activating group) is 1. The number of hydrogen-bond acceptors (Lipinski definition) is 2. The summed E-state index contributed by atoms with van der Waals surface area (Å²) in [5.74, 6) is 0.231. The first-order valence-corrected chi connectivity index (χ1v) is 4.76. The molecule has 0 heterocycles. The van der Waals surface area contributed by atoms with Gasteiger partial charge in [-0.15, -0.1) is 0 Å². The second-order valence-corrected chi connectivity index (χ2v) is 4.44. The zero-order valence-electron chi connectivity index (χ0n) is 9.46. The van der Waals surface area contributed by atoms with E-state index in [-0.39, 0.29) is 11.9 Å². The number of Topliss-reactive ketones (excluding diaryl/α,β-unsaturated/α-hetero) is 1. The minimum Gasteiger partial charge on any atom is -0.373 e. The van der Waals surface area contributed by atoms with Crippen LogP contribution < -0.4 is 0 Å². The first-order valence-electron chi connectivity index (χ1n) is 4.76. The van der Waals surface area contributed by atoms with Gasteiger partial charge in [-0.3, -0.25) is 4.79 Å². The Morgan fingerprint density at radius 1 is 1.38 bits per heavy atom. The molecule has 0 rings (SSSR count). The number of carbonyl (C=O) groups is 1. The average molecular weight is 188 g/mol. The maximum Gasteiger partial charge on any atom is 0.183 e. The van der Waals surface area contributed by atoms with Crippen LogP contribution in [0.25, 0.3) is 0 Å². The zero-order valence-corrected chi connectivity index (χ0v) is 9.46. The van der Waals surface area contributed by atoms with E-state index in [1.807, 2.05) is 27.9 Å². The topological polar surface area (TPSA) is 26.3 Å². The van der Waals surface area contributed by atoms with E-state index in [4.69, 9.17) is 4.74 Å². The number of quaternary nitrogens is 1. The fourth-order valence-corrected chi connectivity index (χ4v) is 1.22. The molecule has 0 aliphatic carbocycles. The summed E-state index contributed by atoms with van der Waals surface area (Å²) >= 11 is 0. The SMILES string of the molecule is CC(=O)C[N+](C)(C)CCOC(C)C. The van der Waals surface area contributed by atoms with Crippen LogP contribution in [-0.4, -0.2) is 50.2 Å². The van der Waals surface area contributed by atoms with Gasteiger partial charge in [0.15, 0.2) is 5.78 Å². The van der Waals surface area contributed by atoms with Gasteiger partial charge < -0.3 is 9.22 Å². The minimum absolute atomic E-state index is 0.231. The summed E-state index contributed by atoms with van der Waals surface area (Å²) in [5, 5.41) is 0. The number of rotatable bonds is 6. The van der Waals surface area contributed by atoms with Gasteiger partial charge in [-0.1, -0.05) is 0 Å². The Hall–Kier alpha value is -0.410. The molecule has 0 aliphatic rings. The third kappa shape index (κ3) is 7.94. The predicted octanol–water partition coefficient (Wildman–Crippen LogP) is 1.08. The molecule has 0 atom stereocenters. The number of hydrogen-bond donors (Lipinski definition) is 0. The molecule has 0 spiro atoms. The largest absolute Gasteiger partial charge is 0.373 e. The standard InChI is InChI=1S/C10H22NO2/c1-9(2)13-7-6-11(4,5)8-10(3)12/h9H,6-8H2,1-5H3/q+1. The Bertz CT molecular complexity index is 164. The molecule has 0 aromatic carbocycles. The summed E-state index contributed by atoms with van der Waals surface area (Å²) in [7, 11) is 4.09. The lowest BCUT2D eigenvalue weighted by molar-refractivity contribution is -0.882. The van der Waals surface area contributed by atoms with Crippen LogP contribution in [-0.2, 0) is 9.53 Å². The fraction of sp³-hybridized carbons (Fsp3) is 0.900. The molecule has 0 saturated heterocycles. The lowest BCUT2D eigenvalue weighted by Crippen LogP contribution is -2.45. The van der Waals surface area contributed by atoms with Crippen molar-refractivity contribution in [2.24, 2.45) is 0 Å². The van der Waals surface area contributed by atoms with Crippen molar-refractivity contribution in [3.8, 4) is 0 Å². The van der Waals surface area contributed by atoms with Crippen molar-refractivity contribution in [3.05, 3.63) is 0 Å². The van der Waals surface area contributed by atoms with Crippen LogP contribution in [0.5, 0.6) is 0 Å². The first-order chi connectivity index (χ1) is 5.83. The summed E-state index contributed by atoms with van der Waals surface area (Å²) < 4.78 is 6.14. The molecule has 0 aromatic heterocycles. The highest BCUT2D eigenvalue weighted by molar-refractivity contribution is 5.76. The van der Waals surface area contributed by atoms with E-state index < -0.39 is 0 Å². The van der Waals surface area contributed by atoms with Gasteiger partial charge in [-0.2, -0.15) is 0 Å². The molecular weight excluding hydrogens is 166 g/mol. The molecule has 13 heavy (non-hydrogen) atoms. The molecule has 0 saturated carbocycles. The van der Waals surface area contributed by atoms with Crippen molar-refractivity contribution in [2.45, 2.75) is 26.9 Å². The van der Waals surface area contributed by atoms with Crippen LogP contribution in [0.15, 0.2) is 0 Å². The first kappa shape index (κ1) is 12.6. The molecule has 0 radical (unpaired) electrons. The van der Waals surface area contributed by atoms with E-state index >= 15 is 0 Å². The van der Waals surface area contributed by atoms with Crippen LogP contribution in [0.1, 0.15) is 20.8 Å². The molecule has 0 aromatic rings. The van der Waals surface area contributed by atoms with E-state index in [0.29, 0.717) is 11.0 Å². The minimum atomic E-state index is 0.231. The highest BCUT2D eigenvalue weighted by Gasteiger charge is 2.16. The van der Waals surface area contributed by atoms with Gasteiger partial charge in [0, 0.05) is 6.92 Å². The van der Waals surface area contributed by atoms with Gasteiger partial charge in [0.2, 0.25) is 0 Å². The van der Waals surface area contributed by atoms with E-state index in [2.05, 4.69) is 0 Å². The molecular formula is C10H22NO2+. The van der Waals surface area contributed by atoms with Crippen molar-refractivity contribution < 1.29 is 14.0 Å². The normalized spacial score (nSPS) is 12.2. The van der Waals surface area contributed by atoms with Crippen LogP contribution >= 0.6 is 0 Å². The molecule has 3 heteroatoms. The summed E-state index contributed by atoms with van der Waals surface area (Å²) in [6, 6.07) is 0. The summed E-state index contributed by atoms with van der Waals surface area (Å²) in [4.78, 5) is 10.9. The molecule has 3 nitrogen and oxygen atoms in total. The van der Waals surface area contributed by atoms with Crippen molar-refractivity contribution in [2.75, 3.05) is 33.8 Å². The fourth-order valence-electron chi connectivity index (χ4n) is 1.22. The number of ether oxygens (including phenoxy) is 1. The second-order valence-electron chi connectivity index (χ2n) is 4.44. The Morgan fingerprint density at radius 2 is 1.92 bits per heavy atom. The summed E-state index contributed by atoms with van der Waals surface area (Å²) in [5.41, 5.74) is 0. The Balaban J connectivity index is 3.69. The molecule has 0 N–H and O–H groups in total. The van der Waals surface area contributed by atoms with E-state index in [0.717, 1.165) is 13.2 Å². The Labute approximate surface area is 81.3 Å². The van der Waals surface area contributed by atoms with Crippen molar-refractivity contribution in [1.29, 1.82) is 0 Å².